The van der Waals surface area contributed by atoms with Crippen LogP contribution in [0, 0.1) is 5.41 Å². The average Bonchev–Trinajstić information content (AvgIpc) is 2.26. The van der Waals surface area contributed by atoms with E-state index in [9.17, 15) is 9.59 Å². The van der Waals surface area contributed by atoms with Crippen molar-refractivity contribution in [3.63, 3.8) is 0 Å². The van der Waals surface area contributed by atoms with E-state index in [1.165, 1.54) is 9.80 Å². The highest BCUT2D eigenvalue weighted by atomic mass is 32.1. The lowest BCUT2D eigenvalue weighted by molar-refractivity contribution is -0.142. The van der Waals surface area contributed by atoms with Gasteiger partial charge in [0, 0.05) is 21.1 Å². The quantitative estimate of drug-likeness (QED) is 0.718. The monoisotopic (exact) mass is 259 g/mol. The fraction of sp³-hybridized carbons (Fsp3) is 0.727. The van der Waals surface area contributed by atoms with Gasteiger partial charge in [-0.25, -0.2) is 0 Å². The number of likely N-dealkylation sites (N-methyl/N-ethyl adjacent to an activating group) is 2. The molecule has 0 aliphatic heterocycles. The van der Waals surface area contributed by atoms with Crippen molar-refractivity contribution in [3.05, 3.63) is 0 Å². The molecule has 6 heteroatoms. The maximum Gasteiger partial charge on any atom is 0.241 e. The van der Waals surface area contributed by atoms with Crippen LogP contribution < -0.4 is 5.73 Å². The summed E-state index contributed by atoms with van der Waals surface area (Å²) in [7, 11) is 4.87. The van der Waals surface area contributed by atoms with Crippen molar-refractivity contribution < 1.29 is 9.59 Å². The summed E-state index contributed by atoms with van der Waals surface area (Å²) < 4.78 is 0. The lowest BCUT2D eigenvalue weighted by Crippen LogP contribution is -2.49. The van der Waals surface area contributed by atoms with Gasteiger partial charge in [-0.3, -0.25) is 9.59 Å². The van der Waals surface area contributed by atoms with Gasteiger partial charge in [0.1, 0.15) is 0 Å². The summed E-state index contributed by atoms with van der Waals surface area (Å²) in [6, 6.07) is 0. The second-order valence-corrected chi connectivity index (χ2v) is 4.94. The molecule has 0 fully saturated rings. The standard InChI is InChI=1S/C11H21N3O2S/c1-6-11(2,9(12)17)10(16)14(5)7-8(15)13(3)4/h6-7H2,1-5H3,(H2,12,17). The number of carbonyl (C=O) groups is 2. The van der Waals surface area contributed by atoms with Crippen LogP contribution in [0.1, 0.15) is 20.3 Å². The molecule has 0 saturated heterocycles. The van der Waals surface area contributed by atoms with Crippen LogP contribution in [0.15, 0.2) is 0 Å². The van der Waals surface area contributed by atoms with Gasteiger partial charge in [0.05, 0.1) is 16.9 Å². The molecule has 0 spiro atoms. The van der Waals surface area contributed by atoms with E-state index in [-0.39, 0.29) is 23.3 Å². The van der Waals surface area contributed by atoms with Crippen molar-refractivity contribution in [3.8, 4) is 0 Å². The predicted molar refractivity (Wildman–Crippen MR) is 71.5 cm³/mol. The Kier molecular flexibility index (Phi) is 5.54. The fourth-order valence-corrected chi connectivity index (χ4v) is 1.50. The molecular formula is C11H21N3O2S. The lowest BCUT2D eigenvalue weighted by Gasteiger charge is -2.31. The Hall–Kier alpha value is -1.17. The Morgan fingerprint density at radius 3 is 2.06 bits per heavy atom. The van der Waals surface area contributed by atoms with E-state index in [2.05, 4.69) is 0 Å². The third-order valence-electron chi connectivity index (χ3n) is 2.94. The SMILES string of the molecule is CCC(C)(C(=O)N(C)CC(=O)N(C)C)C(N)=S. The van der Waals surface area contributed by atoms with Crippen LogP contribution >= 0.6 is 12.2 Å². The zero-order valence-electron chi connectivity index (χ0n) is 11.1. The van der Waals surface area contributed by atoms with E-state index in [4.69, 9.17) is 18.0 Å². The maximum absolute atomic E-state index is 12.2. The van der Waals surface area contributed by atoms with Crippen molar-refractivity contribution in [1.29, 1.82) is 0 Å². The molecule has 0 aromatic rings. The summed E-state index contributed by atoms with van der Waals surface area (Å²) in [5, 5.41) is 0. The number of hydrogen-bond donors (Lipinski definition) is 1. The molecule has 0 radical (unpaired) electrons. The number of amides is 2. The third kappa shape index (κ3) is 3.66. The fourth-order valence-electron chi connectivity index (χ4n) is 1.27. The highest BCUT2D eigenvalue weighted by Crippen LogP contribution is 2.24. The molecule has 0 heterocycles. The Labute approximate surface area is 108 Å². The number of hydrogen-bond acceptors (Lipinski definition) is 3. The highest BCUT2D eigenvalue weighted by molar-refractivity contribution is 7.80. The molecule has 1 unspecified atom stereocenters. The van der Waals surface area contributed by atoms with Gasteiger partial charge in [-0.05, 0) is 13.3 Å². The van der Waals surface area contributed by atoms with Crippen LogP contribution in [0.25, 0.3) is 0 Å². The summed E-state index contributed by atoms with van der Waals surface area (Å²) >= 11 is 4.93. The number of rotatable bonds is 5. The van der Waals surface area contributed by atoms with E-state index in [0.717, 1.165) is 0 Å². The largest absolute Gasteiger partial charge is 0.392 e. The second kappa shape index (κ2) is 5.95. The van der Waals surface area contributed by atoms with Crippen LogP contribution in [-0.2, 0) is 9.59 Å². The lowest BCUT2D eigenvalue weighted by atomic mass is 9.86. The normalized spacial score (nSPS) is 13.7. The van der Waals surface area contributed by atoms with E-state index in [1.54, 1.807) is 28.1 Å². The van der Waals surface area contributed by atoms with Crippen molar-refractivity contribution in [2.75, 3.05) is 27.7 Å². The summed E-state index contributed by atoms with van der Waals surface area (Å²) in [6.07, 6.45) is 0.516. The molecule has 1 atom stereocenters. The average molecular weight is 259 g/mol. The van der Waals surface area contributed by atoms with E-state index in [0.29, 0.717) is 6.42 Å². The number of nitrogens with two attached hydrogens (primary N) is 1. The van der Waals surface area contributed by atoms with E-state index < -0.39 is 5.41 Å². The summed E-state index contributed by atoms with van der Waals surface area (Å²) in [4.78, 5) is 26.7. The molecule has 2 amide bonds. The zero-order valence-corrected chi connectivity index (χ0v) is 11.9. The Bertz CT molecular complexity index is 331. The summed E-state index contributed by atoms with van der Waals surface area (Å²) in [5.74, 6) is -0.357. The van der Waals surface area contributed by atoms with Crippen molar-refractivity contribution in [2.45, 2.75) is 20.3 Å². The molecule has 98 valence electrons. The molecule has 0 saturated carbocycles. The van der Waals surface area contributed by atoms with Gasteiger partial charge >= 0.3 is 0 Å². The predicted octanol–water partition coefficient (Wildman–Crippen LogP) is 0.235. The molecule has 0 aliphatic rings. The summed E-state index contributed by atoms with van der Waals surface area (Å²) in [5.41, 5.74) is 4.72. The maximum atomic E-state index is 12.2. The third-order valence-corrected chi connectivity index (χ3v) is 3.39. The van der Waals surface area contributed by atoms with Gasteiger partial charge in [0.25, 0.3) is 0 Å². The number of carbonyl (C=O) groups excluding carboxylic acids is 2. The highest BCUT2D eigenvalue weighted by Gasteiger charge is 2.37. The first-order chi connectivity index (χ1) is 7.66. The molecule has 17 heavy (non-hydrogen) atoms. The minimum absolute atomic E-state index is 0.0318. The van der Waals surface area contributed by atoms with E-state index >= 15 is 0 Å². The Morgan fingerprint density at radius 2 is 1.76 bits per heavy atom. The minimum atomic E-state index is -0.878. The topological polar surface area (TPSA) is 66.6 Å². The first-order valence-corrected chi connectivity index (χ1v) is 5.83. The molecule has 2 N–H and O–H groups in total. The van der Waals surface area contributed by atoms with Crippen molar-refractivity contribution in [1.82, 2.24) is 9.80 Å². The molecule has 0 aromatic carbocycles. The summed E-state index contributed by atoms with van der Waals surface area (Å²) in [6.45, 7) is 3.58. The van der Waals surface area contributed by atoms with Crippen molar-refractivity contribution >= 4 is 29.0 Å². The minimum Gasteiger partial charge on any atom is -0.392 e. The van der Waals surface area contributed by atoms with Gasteiger partial charge in [0.2, 0.25) is 11.8 Å². The smallest absolute Gasteiger partial charge is 0.241 e. The zero-order chi connectivity index (χ0) is 13.8. The Balaban J connectivity index is 4.81. The van der Waals surface area contributed by atoms with Gasteiger partial charge in [0.15, 0.2) is 0 Å². The van der Waals surface area contributed by atoms with Crippen LogP contribution in [0.3, 0.4) is 0 Å². The van der Waals surface area contributed by atoms with Crippen LogP contribution in [0.4, 0.5) is 0 Å². The first kappa shape index (κ1) is 15.8. The van der Waals surface area contributed by atoms with Crippen LogP contribution in [0.5, 0.6) is 0 Å². The molecule has 0 bridgehead atoms. The van der Waals surface area contributed by atoms with Crippen LogP contribution in [-0.4, -0.2) is 54.3 Å². The molecular weight excluding hydrogens is 238 g/mol. The first-order valence-electron chi connectivity index (χ1n) is 5.42. The Morgan fingerprint density at radius 1 is 1.29 bits per heavy atom. The molecule has 0 rings (SSSR count). The second-order valence-electron chi connectivity index (χ2n) is 4.50. The molecule has 5 nitrogen and oxygen atoms in total. The number of nitrogens with zero attached hydrogens (tertiary/aromatic N) is 2. The van der Waals surface area contributed by atoms with Gasteiger partial charge in [-0.15, -0.1) is 0 Å². The van der Waals surface area contributed by atoms with Crippen LogP contribution in [0.2, 0.25) is 0 Å². The van der Waals surface area contributed by atoms with Gasteiger partial charge in [-0.2, -0.15) is 0 Å². The van der Waals surface area contributed by atoms with Gasteiger partial charge in [-0.1, -0.05) is 19.1 Å². The van der Waals surface area contributed by atoms with Gasteiger partial charge < -0.3 is 15.5 Å². The molecule has 0 aromatic heterocycles. The molecule has 0 aliphatic carbocycles. The number of thiocarbonyl (C=S) groups is 1. The van der Waals surface area contributed by atoms with Crippen molar-refractivity contribution in [2.24, 2.45) is 11.1 Å². The van der Waals surface area contributed by atoms with E-state index in [1.807, 2.05) is 6.92 Å².